The smallest absolute Gasteiger partial charge is 0.145 e. The van der Waals surface area contributed by atoms with Gasteiger partial charge in [0.05, 0.1) is 22.2 Å². The van der Waals surface area contributed by atoms with Gasteiger partial charge in [0.1, 0.15) is 29.2 Å². The summed E-state index contributed by atoms with van der Waals surface area (Å²) in [7, 11) is 0. The standard InChI is InChI=1S/C9H8BrFO2.C6H4BrFO/c10-8-2-1-6(3-9(8)11)13-7-4-12-5-7;7-5-2-1-4(9)3-6(5)8/h1-3,7H,4-5H2;1-3,9H. The zero-order valence-corrected chi connectivity index (χ0v) is 14.4. The van der Waals surface area contributed by atoms with Gasteiger partial charge >= 0.3 is 0 Å². The van der Waals surface area contributed by atoms with Gasteiger partial charge in [-0.2, -0.15) is 0 Å². The fraction of sp³-hybridized carbons (Fsp3) is 0.200. The molecule has 0 aliphatic carbocycles. The summed E-state index contributed by atoms with van der Waals surface area (Å²) in [5, 5.41) is 8.68. The lowest BCUT2D eigenvalue weighted by molar-refractivity contribution is -0.0797. The number of rotatable bonds is 2. The third-order valence-corrected chi connectivity index (χ3v) is 3.99. The molecule has 0 radical (unpaired) electrons. The lowest BCUT2D eigenvalue weighted by Gasteiger charge is -2.26. The fourth-order valence-electron chi connectivity index (χ4n) is 1.51. The molecule has 22 heavy (non-hydrogen) atoms. The van der Waals surface area contributed by atoms with E-state index in [2.05, 4.69) is 31.9 Å². The number of ether oxygens (including phenoxy) is 2. The highest BCUT2D eigenvalue weighted by molar-refractivity contribution is 9.10. The van der Waals surface area contributed by atoms with Crippen LogP contribution >= 0.6 is 31.9 Å². The Balaban J connectivity index is 0.000000172. The molecule has 0 bridgehead atoms. The Morgan fingerprint density at radius 1 is 1.00 bits per heavy atom. The largest absolute Gasteiger partial charge is 0.508 e. The van der Waals surface area contributed by atoms with Gasteiger partial charge in [-0.05, 0) is 56.1 Å². The van der Waals surface area contributed by atoms with Gasteiger partial charge in [-0.25, -0.2) is 8.78 Å². The molecule has 1 aliphatic rings. The number of benzene rings is 2. The lowest BCUT2D eigenvalue weighted by Crippen LogP contribution is -2.38. The molecule has 0 amide bonds. The van der Waals surface area contributed by atoms with Gasteiger partial charge in [0.15, 0.2) is 0 Å². The van der Waals surface area contributed by atoms with Crippen LogP contribution in [0.15, 0.2) is 45.3 Å². The van der Waals surface area contributed by atoms with E-state index < -0.39 is 5.82 Å². The minimum Gasteiger partial charge on any atom is -0.508 e. The number of phenols is 1. The summed E-state index contributed by atoms with van der Waals surface area (Å²) in [6.45, 7) is 1.19. The highest BCUT2D eigenvalue weighted by atomic mass is 79.9. The first-order valence-electron chi connectivity index (χ1n) is 6.29. The van der Waals surface area contributed by atoms with E-state index >= 15 is 0 Å². The van der Waals surface area contributed by atoms with Crippen molar-refractivity contribution in [3.8, 4) is 11.5 Å². The number of hydrogen-bond donors (Lipinski definition) is 1. The minimum atomic E-state index is -0.449. The third kappa shape index (κ3) is 4.93. The topological polar surface area (TPSA) is 38.7 Å². The highest BCUT2D eigenvalue weighted by Crippen LogP contribution is 2.23. The second-order valence-corrected chi connectivity index (χ2v) is 6.16. The predicted molar refractivity (Wildman–Crippen MR) is 85.1 cm³/mol. The maximum absolute atomic E-state index is 13.0. The summed E-state index contributed by atoms with van der Waals surface area (Å²) in [5.41, 5.74) is 0. The van der Waals surface area contributed by atoms with Crippen LogP contribution in [0.2, 0.25) is 0 Å². The zero-order chi connectivity index (χ0) is 16.1. The molecular weight excluding hydrogens is 426 g/mol. The first-order valence-corrected chi connectivity index (χ1v) is 7.88. The van der Waals surface area contributed by atoms with Crippen molar-refractivity contribution in [3.63, 3.8) is 0 Å². The van der Waals surface area contributed by atoms with E-state index in [0.29, 0.717) is 27.9 Å². The van der Waals surface area contributed by atoms with Gasteiger partial charge < -0.3 is 14.6 Å². The highest BCUT2D eigenvalue weighted by Gasteiger charge is 2.20. The lowest BCUT2D eigenvalue weighted by atomic mass is 10.3. The molecule has 2 aromatic carbocycles. The molecule has 1 heterocycles. The second kappa shape index (κ2) is 7.89. The van der Waals surface area contributed by atoms with E-state index in [-0.39, 0.29) is 17.7 Å². The van der Waals surface area contributed by atoms with Crippen LogP contribution in [0.5, 0.6) is 11.5 Å². The molecule has 3 nitrogen and oxygen atoms in total. The van der Waals surface area contributed by atoms with Crippen molar-refractivity contribution in [2.24, 2.45) is 0 Å². The van der Waals surface area contributed by atoms with Crippen LogP contribution in [0.3, 0.4) is 0 Å². The fourth-order valence-corrected chi connectivity index (χ4v) is 2.00. The molecule has 1 fully saturated rings. The maximum atomic E-state index is 13.0. The van der Waals surface area contributed by atoms with Crippen LogP contribution < -0.4 is 4.74 Å². The Kier molecular flexibility index (Phi) is 6.16. The van der Waals surface area contributed by atoms with Crippen molar-refractivity contribution in [2.45, 2.75) is 6.10 Å². The first-order chi connectivity index (χ1) is 10.5. The molecule has 118 valence electrons. The number of hydrogen-bond acceptors (Lipinski definition) is 3. The van der Waals surface area contributed by atoms with Crippen LogP contribution in [0, 0.1) is 11.6 Å². The molecule has 1 N–H and O–H groups in total. The van der Waals surface area contributed by atoms with Gasteiger partial charge in [0.2, 0.25) is 0 Å². The molecule has 0 spiro atoms. The normalized spacial score (nSPS) is 13.8. The molecule has 1 aliphatic heterocycles. The van der Waals surface area contributed by atoms with Gasteiger partial charge in [-0.15, -0.1) is 0 Å². The van der Waals surface area contributed by atoms with E-state index in [1.54, 1.807) is 12.1 Å². The van der Waals surface area contributed by atoms with Crippen LogP contribution in [-0.4, -0.2) is 24.4 Å². The first kappa shape index (κ1) is 17.2. The Labute approximate surface area is 143 Å². The Hall–Kier alpha value is -1.18. The zero-order valence-electron chi connectivity index (χ0n) is 11.2. The number of phenolic OH excluding ortho intramolecular Hbond substituents is 1. The van der Waals surface area contributed by atoms with E-state index in [4.69, 9.17) is 14.6 Å². The Morgan fingerprint density at radius 3 is 2.05 bits per heavy atom. The summed E-state index contributed by atoms with van der Waals surface area (Å²) in [6, 6.07) is 8.62. The van der Waals surface area contributed by atoms with Crippen molar-refractivity contribution in [1.29, 1.82) is 0 Å². The molecule has 3 rings (SSSR count). The molecule has 0 atom stereocenters. The summed E-state index contributed by atoms with van der Waals surface area (Å²) < 4.78 is 36.5. The molecule has 7 heteroatoms. The van der Waals surface area contributed by atoms with Gasteiger partial charge in [-0.1, -0.05) is 0 Å². The predicted octanol–water partition coefficient (Wildman–Crippen LogP) is 4.66. The Bertz CT molecular complexity index is 649. The van der Waals surface area contributed by atoms with Crippen molar-refractivity contribution < 1.29 is 23.4 Å². The van der Waals surface area contributed by atoms with Gasteiger partial charge in [-0.3, -0.25) is 0 Å². The number of aromatic hydroxyl groups is 1. The molecule has 0 saturated carbocycles. The van der Waals surface area contributed by atoms with E-state index in [0.717, 1.165) is 6.07 Å². The van der Waals surface area contributed by atoms with Crippen LogP contribution in [0.1, 0.15) is 0 Å². The monoisotopic (exact) mass is 436 g/mol. The van der Waals surface area contributed by atoms with Crippen molar-refractivity contribution >= 4 is 31.9 Å². The molecule has 0 aromatic heterocycles. The average Bonchev–Trinajstić information content (AvgIpc) is 2.43. The van der Waals surface area contributed by atoms with E-state index in [1.807, 2.05) is 0 Å². The van der Waals surface area contributed by atoms with Crippen LogP contribution in [0.4, 0.5) is 8.78 Å². The SMILES string of the molecule is Fc1cc(OC2COC2)ccc1Br.Oc1ccc(Br)c(F)c1. The van der Waals surface area contributed by atoms with Crippen molar-refractivity contribution in [1.82, 2.24) is 0 Å². The van der Waals surface area contributed by atoms with Crippen molar-refractivity contribution in [3.05, 3.63) is 57.0 Å². The summed E-state index contributed by atoms with van der Waals surface area (Å²) in [6.07, 6.45) is 0.0839. The maximum Gasteiger partial charge on any atom is 0.145 e. The molecule has 1 saturated heterocycles. The number of halogens is 4. The summed E-state index contributed by atoms with van der Waals surface area (Å²) in [5.74, 6) is -0.266. The van der Waals surface area contributed by atoms with Gasteiger partial charge in [0, 0.05) is 12.1 Å². The quantitative estimate of drug-likeness (QED) is 0.742. The third-order valence-electron chi connectivity index (χ3n) is 2.70. The van der Waals surface area contributed by atoms with Crippen molar-refractivity contribution in [2.75, 3.05) is 13.2 Å². The van der Waals surface area contributed by atoms with Crippen LogP contribution in [0.25, 0.3) is 0 Å². The minimum absolute atomic E-state index is 0.0595. The summed E-state index contributed by atoms with van der Waals surface area (Å²) >= 11 is 6.01. The van der Waals surface area contributed by atoms with E-state index in [1.165, 1.54) is 18.2 Å². The average molecular weight is 438 g/mol. The van der Waals surface area contributed by atoms with Gasteiger partial charge in [0.25, 0.3) is 0 Å². The van der Waals surface area contributed by atoms with Crippen LogP contribution in [-0.2, 0) is 4.74 Å². The summed E-state index contributed by atoms with van der Waals surface area (Å²) in [4.78, 5) is 0. The molecular formula is C15H12Br2F2O3. The molecule has 0 unspecified atom stereocenters. The van der Waals surface area contributed by atoms with E-state index in [9.17, 15) is 8.78 Å². The molecule has 2 aromatic rings. The second-order valence-electron chi connectivity index (χ2n) is 4.45. The Morgan fingerprint density at radius 2 is 1.59 bits per heavy atom.